The molecule has 0 heterocycles. The molecule has 0 aliphatic carbocycles. The standard InChI is InChI=1S/C13H16O3/c1-3-4-8-11(2)13(14)16-15-12-9-6-5-7-10-12/h5-7,9-10H,2-4,8H2,1H3. The third-order valence-electron chi connectivity index (χ3n) is 2.08. The van der Waals surface area contributed by atoms with Crippen molar-refractivity contribution in [3.63, 3.8) is 0 Å². The first kappa shape index (κ1) is 12.3. The van der Waals surface area contributed by atoms with E-state index in [0.29, 0.717) is 17.7 Å². The van der Waals surface area contributed by atoms with Crippen molar-refractivity contribution in [2.75, 3.05) is 0 Å². The first-order valence-electron chi connectivity index (χ1n) is 5.35. The van der Waals surface area contributed by atoms with E-state index in [-0.39, 0.29) is 0 Å². The molecule has 0 N–H and O–H groups in total. The molecule has 1 rings (SSSR count). The van der Waals surface area contributed by atoms with Crippen LogP contribution >= 0.6 is 0 Å². The molecule has 0 saturated carbocycles. The van der Waals surface area contributed by atoms with Gasteiger partial charge in [0.05, 0.1) is 0 Å². The molecule has 0 aliphatic rings. The van der Waals surface area contributed by atoms with Gasteiger partial charge in [-0.2, -0.15) is 0 Å². The Balaban J connectivity index is 2.32. The summed E-state index contributed by atoms with van der Waals surface area (Å²) in [6.45, 7) is 5.70. The molecule has 1 aromatic rings. The van der Waals surface area contributed by atoms with Gasteiger partial charge >= 0.3 is 5.97 Å². The van der Waals surface area contributed by atoms with E-state index in [0.717, 1.165) is 12.8 Å². The van der Waals surface area contributed by atoms with E-state index >= 15 is 0 Å². The lowest BCUT2D eigenvalue weighted by Crippen LogP contribution is -2.10. The van der Waals surface area contributed by atoms with Crippen LogP contribution in [0.1, 0.15) is 26.2 Å². The Kier molecular flexibility index (Phi) is 5.12. The molecule has 0 aliphatic heterocycles. The fourth-order valence-electron chi connectivity index (χ4n) is 1.11. The van der Waals surface area contributed by atoms with Crippen molar-refractivity contribution in [2.24, 2.45) is 0 Å². The summed E-state index contributed by atoms with van der Waals surface area (Å²) in [6.07, 6.45) is 2.60. The summed E-state index contributed by atoms with van der Waals surface area (Å²) in [5.74, 6) is -0.00329. The van der Waals surface area contributed by atoms with E-state index in [9.17, 15) is 4.79 Å². The number of carbonyl (C=O) groups is 1. The molecule has 0 atom stereocenters. The second kappa shape index (κ2) is 6.67. The number of hydrogen-bond acceptors (Lipinski definition) is 3. The molecule has 0 bridgehead atoms. The number of benzene rings is 1. The molecular weight excluding hydrogens is 204 g/mol. The van der Waals surface area contributed by atoms with Crippen LogP contribution in [0.25, 0.3) is 0 Å². The van der Waals surface area contributed by atoms with Crippen LogP contribution in [0.3, 0.4) is 0 Å². The number of hydrogen-bond donors (Lipinski definition) is 0. The van der Waals surface area contributed by atoms with Crippen LogP contribution in [0, 0.1) is 0 Å². The van der Waals surface area contributed by atoms with E-state index < -0.39 is 5.97 Å². The number of carbonyl (C=O) groups excluding carboxylic acids is 1. The van der Waals surface area contributed by atoms with E-state index in [4.69, 9.17) is 4.89 Å². The van der Waals surface area contributed by atoms with Gasteiger partial charge in [-0.1, -0.05) is 38.1 Å². The molecule has 0 fully saturated rings. The lowest BCUT2D eigenvalue weighted by Gasteiger charge is -2.05. The quantitative estimate of drug-likeness (QED) is 0.419. The molecule has 16 heavy (non-hydrogen) atoms. The van der Waals surface area contributed by atoms with Gasteiger partial charge in [0, 0.05) is 5.57 Å². The van der Waals surface area contributed by atoms with Crippen molar-refractivity contribution >= 4 is 5.97 Å². The summed E-state index contributed by atoms with van der Waals surface area (Å²) in [7, 11) is 0. The van der Waals surface area contributed by atoms with Gasteiger partial charge in [0.1, 0.15) is 0 Å². The van der Waals surface area contributed by atoms with Crippen LogP contribution in [0.5, 0.6) is 5.75 Å². The maximum absolute atomic E-state index is 11.4. The SMILES string of the molecule is C=C(CCCC)C(=O)OOc1ccccc1. The van der Waals surface area contributed by atoms with Crippen molar-refractivity contribution in [3.05, 3.63) is 42.5 Å². The van der Waals surface area contributed by atoms with E-state index in [1.54, 1.807) is 24.3 Å². The topological polar surface area (TPSA) is 35.5 Å². The Morgan fingerprint density at radius 1 is 1.31 bits per heavy atom. The van der Waals surface area contributed by atoms with Crippen molar-refractivity contribution in [1.29, 1.82) is 0 Å². The Hall–Kier alpha value is -1.77. The Morgan fingerprint density at radius 2 is 2.00 bits per heavy atom. The maximum Gasteiger partial charge on any atom is 0.381 e. The number of para-hydroxylation sites is 1. The fourth-order valence-corrected chi connectivity index (χ4v) is 1.11. The molecule has 0 saturated heterocycles. The summed E-state index contributed by atoms with van der Waals surface area (Å²) in [6, 6.07) is 8.88. The molecule has 0 radical (unpaired) electrons. The third kappa shape index (κ3) is 4.17. The van der Waals surface area contributed by atoms with Gasteiger partial charge in [-0.15, -0.1) is 0 Å². The highest BCUT2D eigenvalue weighted by Gasteiger charge is 2.09. The predicted octanol–water partition coefficient (Wildman–Crippen LogP) is 3.27. The fraction of sp³-hybridized carbons (Fsp3) is 0.308. The van der Waals surface area contributed by atoms with Crippen LogP contribution in [0.2, 0.25) is 0 Å². The van der Waals surface area contributed by atoms with E-state index in [1.807, 2.05) is 6.07 Å². The van der Waals surface area contributed by atoms with Crippen LogP contribution in [0.15, 0.2) is 42.5 Å². The average molecular weight is 220 g/mol. The van der Waals surface area contributed by atoms with Crippen LogP contribution in [0.4, 0.5) is 0 Å². The summed E-state index contributed by atoms with van der Waals surface area (Å²) < 4.78 is 0. The first-order valence-corrected chi connectivity index (χ1v) is 5.35. The highest BCUT2D eigenvalue weighted by Crippen LogP contribution is 2.11. The van der Waals surface area contributed by atoms with Gasteiger partial charge in [0.25, 0.3) is 0 Å². The lowest BCUT2D eigenvalue weighted by atomic mass is 10.1. The normalized spacial score (nSPS) is 9.56. The zero-order valence-electron chi connectivity index (χ0n) is 9.44. The zero-order chi connectivity index (χ0) is 11.8. The summed E-state index contributed by atoms with van der Waals surface area (Å²) in [5.41, 5.74) is 0.442. The largest absolute Gasteiger partial charge is 0.381 e. The predicted molar refractivity (Wildman–Crippen MR) is 61.8 cm³/mol. The van der Waals surface area contributed by atoms with Gasteiger partial charge in [-0.25, -0.2) is 9.68 Å². The summed E-state index contributed by atoms with van der Waals surface area (Å²) in [5, 5.41) is 0. The van der Waals surface area contributed by atoms with Crippen LogP contribution in [-0.2, 0) is 9.68 Å². The van der Waals surface area contributed by atoms with E-state index in [1.165, 1.54) is 0 Å². The second-order valence-electron chi connectivity index (χ2n) is 3.47. The number of rotatable bonds is 6. The highest BCUT2D eigenvalue weighted by atomic mass is 17.2. The summed E-state index contributed by atoms with van der Waals surface area (Å²) >= 11 is 0. The Bertz CT molecular complexity index is 343. The smallest absolute Gasteiger partial charge is 0.287 e. The van der Waals surface area contributed by atoms with Gasteiger partial charge in [0.15, 0.2) is 5.75 Å². The van der Waals surface area contributed by atoms with Gasteiger partial charge in [0.2, 0.25) is 0 Å². The molecule has 3 heteroatoms. The Morgan fingerprint density at radius 3 is 2.62 bits per heavy atom. The minimum atomic E-state index is -0.502. The summed E-state index contributed by atoms with van der Waals surface area (Å²) in [4.78, 5) is 20.9. The second-order valence-corrected chi connectivity index (χ2v) is 3.47. The van der Waals surface area contributed by atoms with Gasteiger partial charge in [-0.05, 0) is 25.0 Å². The number of unbranched alkanes of at least 4 members (excludes halogenated alkanes) is 1. The minimum absolute atomic E-state index is 0.442. The lowest BCUT2D eigenvalue weighted by molar-refractivity contribution is -0.208. The van der Waals surface area contributed by atoms with Crippen LogP contribution in [-0.4, -0.2) is 5.97 Å². The maximum atomic E-state index is 11.4. The molecule has 0 aromatic heterocycles. The van der Waals surface area contributed by atoms with Crippen molar-refractivity contribution in [2.45, 2.75) is 26.2 Å². The van der Waals surface area contributed by atoms with Crippen molar-refractivity contribution in [1.82, 2.24) is 0 Å². The molecule has 3 nitrogen and oxygen atoms in total. The highest BCUT2D eigenvalue weighted by molar-refractivity contribution is 5.87. The monoisotopic (exact) mass is 220 g/mol. The van der Waals surface area contributed by atoms with Crippen molar-refractivity contribution < 1.29 is 14.6 Å². The molecule has 0 spiro atoms. The molecule has 1 aromatic carbocycles. The molecule has 0 amide bonds. The average Bonchev–Trinajstić information content (AvgIpc) is 2.34. The van der Waals surface area contributed by atoms with Crippen LogP contribution < -0.4 is 4.89 Å². The van der Waals surface area contributed by atoms with Gasteiger partial charge in [-0.3, -0.25) is 4.89 Å². The first-order chi connectivity index (χ1) is 7.74. The molecular formula is C13H16O3. The zero-order valence-corrected chi connectivity index (χ0v) is 9.44. The third-order valence-corrected chi connectivity index (χ3v) is 2.08. The molecule has 86 valence electrons. The Labute approximate surface area is 95.6 Å². The van der Waals surface area contributed by atoms with Gasteiger partial charge < -0.3 is 0 Å². The van der Waals surface area contributed by atoms with E-state index in [2.05, 4.69) is 18.4 Å². The van der Waals surface area contributed by atoms with Crippen molar-refractivity contribution in [3.8, 4) is 5.75 Å². The minimum Gasteiger partial charge on any atom is -0.287 e. The molecule has 0 unspecified atom stereocenters.